The lowest BCUT2D eigenvalue weighted by Crippen LogP contribution is -2.45. The third-order valence-electron chi connectivity index (χ3n) is 4.11. The van der Waals surface area contributed by atoms with Gasteiger partial charge in [0.1, 0.15) is 6.04 Å². The Labute approximate surface area is 117 Å². The van der Waals surface area contributed by atoms with Crippen molar-refractivity contribution in [3.05, 3.63) is 0 Å². The molecule has 0 aromatic heterocycles. The average molecular weight is 291 g/mol. The van der Waals surface area contributed by atoms with Gasteiger partial charge in [0.05, 0.1) is 0 Å². The Bertz CT molecular complexity index is 339. The van der Waals surface area contributed by atoms with Crippen LogP contribution in [0.2, 0.25) is 0 Å². The first kappa shape index (κ1) is 16.9. The number of halogens is 2. The summed E-state index contributed by atoms with van der Waals surface area (Å²) >= 11 is 0. The zero-order chi connectivity index (χ0) is 15.3. The minimum absolute atomic E-state index is 0.246. The van der Waals surface area contributed by atoms with Crippen molar-refractivity contribution in [1.82, 2.24) is 5.32 Å². The molecule has 1 rings (SSSR count). The van der Waals surface area contributed by atoms with Crippen molar-refractivity contribution < 1.29 is 23.5 Å². The second-order valence-corrected chi connectivity index (χ2v) is 5.88. The molecule has 0 aromatic rings. The molecule has 1 fully saturated rings. The second kappa shape index (κ2) is 7.55. The van der Waals surface area contributed by atoms with Crippen LogP contribution in [0.1, 0.15) is 46.0 Å². The molecule has 0 spiro atoms. The Hall–Kier alpha value is -1.20. The number of amides is 1. The molecule has 1 aliphatic carbocycles. The summed E-state index contributed by atoms with van der Waals surface area (Å²) in [5.74, 6) is -0.890. The van der Waals surface area contributed by atoms with Crippen molar-refractivity contribution in [3.63, 3.8) is 0 Å². The van der Waals surface area contributed by atoms with Crippen molar-refractivity contribution in [2.75, 3.05) is 0 Å². The first-order valence-electron chi connectivity index (χ1n) is 7.12. The number of carbonyl (C=O) groups is 2. The van der Waals surface area contributed by atoms with Crippen molar-refractivity contribution in [3.8, 4) is 0 Å². The summed E-state index contributed by atoms with van der Waals surface area (Å²) in [6.07, 6.45) is -0.313. The number of aliphatic carboxylic acids is 1. The monoisotopic (exact) mass is 291 g/mol. The van der Waals surface area contributed by atoms with E-state index in [-0.39, 0.29) is 5.92 Å². The summed E-state index contributed by atoms with van der Waals surface area (Å²) in [6, 6.07) is -1.50. The zero-order valence-corrected chi connectivity index (χ0v) is 11.9. The topological polar surface area (TPSA) is 66.4 Å². The highest BCUT2D eigenvalue weighted by molar-refractivity contribution is 5.85. The van der Waals surface area contributed by atoms with Crippen LogP contribution in [-0.4, -0.2) is 29.5 Å². The van der Waals surface area contributed by atoms with E-state index in [1.54, 1.807) is 0 Å². The maximum atomic E-state index is 12.3. The SMILES string of the molecule is CC(C)C1CCC(C(=O)NC(CC(F)F)C(=O)O)CC1. The van der Waals surface area contributed by atoms with Crippen LogP contribution in [0.25, 0.3) is 0 Å². The van der Waals surface area contributed by atoms with E-state index in [0.29, 0.717) is 24.7 Å². The number of nitrogens with one attached hydrogen (secondary N) is 1. The summed E-state index contributed by atoms with van der Waals surface area (Å²) < 4.78 is 24.5. The quantitative estimate of drug-likeness (QED) is 0.790. The van der Waals surface area contributed by atoms with Crippen LogP contribution in [0, 0.1) is 17.8 Å². The molecule has 0 aliphatic heterocycles. The van der Waals surface area contributed by atoms with E-state index in [9.17, 15) is 18.4 Å². The molecule has 1 saturated carbocycles. The molecular formula is C14H23F2NO3. The molecule has 1 aliphatic rings. The first-order valence-corrected chi connectivity index (χ1v) is 7.12. The number of rotatable bonds is 6. The van der Waals surface area contributed by atoms with Gasteiger partial charge in [0.2, 0.25) is 12.3 Å². The van der Waals surface area contributed by atoms with Gasteiger partial charge in [-0.25, -0.2) is 13.6 Å². The molecule has 2 N–H and O–H groups in total. The molecule has 20 heavy (non-hydrogen) atoms. The fourth-order valence-corrected chi connectivity index (χ4v) is 2.74. The lowest BCUT2D eigenvalue weighted by Gasteiger charge is -2.30. The molecule has 116 valence electrons. The molecule has 0 heterocycles. The second-order valence-electron chi connectivity index (χ2n) is 5.88. The van der Waals surface area contributed by atoms with Crippen molar-refractivity contribution in [2.45, 2.75) is 58.4 Å². The predicted octanol–water partition coefficient (Wildman–Crippen LogP) is 2.67. The summed E-state index contributed by atoms with van der Waals surface area (Å²) in [4.78, 5) is 22.8. The maximum absolute atomic E-state index is 12.3. The number of hydrogen-bond donors (Lipinski definition) is 2. The normalized spacial score (nSPS) is 24.7. The van der Waals surface area contributed by atoms with Crippen LogP contribution in [-0.2, 0) is 9.59 Å². The van der Waals surface area contributed by atoms with E-state index in [0.717, 1.165) is 12.8 Å². The van der Waals surface area contributed by atoms with E-state index in [1.165, 1.54) is 0 Å². The third kappa shape index (κ3) is 5.06. The third-order valence-corrected chi connectivity index (χ3v) is 4.11. The molecule has 1 unspecified atom stereocenters. The van der Waals surface area contributed by atoms with Crippen LogP contribution in [0.3, 0.4) is 0 Å². The van der Waals surface area contributed by atoms with Crippen molar-refractivity contribution >= 4 is 11.9 Å². The number of hydrogen-bond acceptors (Lipinski definition) is 2. The molecule has 1 amide bonds. The fourth-order valence-electron chi connectivity index (χ4n) is 2.74. The smallest absolute Gasteiger partial charge is 0.326 e. The number of carboxylic acids is 1. The van der Waals surface area contributed by atoms with E-state index >= 15 is 0 Å². The van der Waals surface area contributed by atoms with Gasteiger partial charge < -0.3 is 10.4 Å². The van der Waals surface area contributed by atoms with Crippen LogP contribution in [0.5, 0.6) is 0 Å². The Morgan fingerprint density at radius 3 is 2.15 bits per heavy atom. The van der Waals surface area contributed by atoms with Crippen LogP contribution < -0.4 is 5.32 Å². The summed E-state index contributed by atoms with van der Waals surface area (Å²) in [7, 11) is 0. The van der Waals surface area contributed by atoms with Gasteiger partial charge in [-0.3, -0.25) is 4.79 Å². The minimum atomic E-state index is -2.74. The molecule has 0 radical (unpaired) electrons. The Morgan fingerprint density at radius 2 is 1.75 bits per heavy atom. The fraction of sp³-hybridized carbons (Fsp3) is 0.857. The zero-order valence-electron chi connectivity index (χ0n) is 11.9. The van der Waals surface area contributed by atoms with Crippen LogP contribution in [0.15, 0.2) is 0 Å². The highest BCUT2D eigenvalue weighted by Crippen LogP contribution is 2.33. The van der Waals surface area contributed by atoms with Gasteiger partial charge in [-0.15, -0.1) is 0 Å². The van der Waals surface area contributed by atoms with E-state index in [2.05, 4.69) is 19.2 Å². The van der Waals surface area contributed by atoms with Gasteiger partial charge in [-0.05, 0) is 37.5 Å². The summed E-state index contributed by atoms with van der Waals surface area (Å²) in [5, 5.41) is 11.1. The summed E-state index contributed by atoms with van der Waals surface area (Å²) in [5.41, 5.74) is 0. The lowest BCUT2D eigenvalue weighted by atomic mass is 9.76. The molecule has 6 heteroatoms. The molecule has 0 saturated heterocycles. The van der Waals surface area contributed by atoms with Gasteiger partial charge in [-0.1, -0.05) is 13.8 Å². The highest BCUT2D eigenvalue weighted by atomic mass is 19.3. The Kier molecular flexibility index (Phi) is 6.36. The standard InChI is InChI=1S/C14H23F2NO3/c1-8(2)9-3-5-10(6-4-9)13(18)17-11(14(19)20)7-12(15)16/h8-12H,3-7H2,1-2H3,(H,17,18)(H,19,20). The molecular weight excluding hydrogens is 268 g/mol. The number of carbonyl (C=O) groups excluding carboxylic acids is 1. The van der Waals surface area contributed by atoms with Crippen molar-refractivity contribution in [1.29, 1.82) is 0 Å². The molecule has 1 atom stereocenters. The summed E-state index contributed by atoms with van der Waals surface area (Å²) in [6.45, 7) is 4.29. The Balaban J connectivity index is 2.48. The molecule has 0 bridgehead atoms. The van der Waals surface area contributed by atoms with E-state index in [4.69, 9.17) is 5.11 Å². The maximum Gasteiger partial charge on any atom is 0.326 e. The van der Waals surface area contributed by atoms with Gasteiger partial charge in [0.15, 0.2) is 0 Å². The first-order chi connectivity index (χ1) is 9.31. The van der Waals surface area contributed by atoms with Gasteiger partial charge >= 0.3 is 5.97 Å². The van der Waals surface area contributed by atoms with Gasteiger partial charge in [-0.2, -0.15) is 0 Å². The van der Waals surface area contributed by atoms with Crippen molar-refractivity contribution in [2.24, 2.45) is 17.8 Å². The minimum Gasteiger partial charge on any atom is -0.480 e. The largest absolute Gasteiger partial charge is 0.480 e. The van der Waals surface area contributed by atoms with E-state index in [1.807, 2.05) is 0 Å². The Morgan fingerprint density at radius 1 is 1.20 bits per heavy atom. The average Bonchev–Trinajstić information content (AvgIpc) is 2.37. The highest BCUT2D eigenvalue weighted by Gasteiger charge is 2.31. The van der Waals surface area contributed by atoms with Crippen LogP contribution >= 0.6 is 0 Å². The molecule has 0 aromatic carbocycles. The van der Waals surface area contributed by atoms with Crippen LogP contribution in [0.4, 0.5) is 8.78 Å². The molecule has 4 nitrogen and oxygen atoms in total. The number of alkyl halides is 2. The lowest BCUT2D eigenvalue weighted by molar-refractivity contribution is -0.144. The predicted molar refractivity (Wildman–Crippen MR) is 70.5 cm³/mol. The van der Waals surface area contributed by atoms with E-state index < -0.39 is 30.8 Å². The number of carboxylic acid groups (broad SMARTS) is 1. The van der Waals surface area contributed by atoms with Gasteiger partial charge in [0.25, 0.3) is 0 Å². The van der Waals surface area contributed by atoms with Gasteiger partial charge in [0, 0.05) is 12.3 Å².